The van der Waals surface area contributed by atoms with Gasteiger partial charge in [-0.3, -0.25) is 0 Å². The largest absolute Gasteiger partial charge is 0.494 e. The second-order valence-corrected chi connectivity index (χ2v) is 2.91. The molecule has 6 heteroatoms. The van der Waals surface area contributed by atoms with Gasteiger partial charge >= 0.3 is 0 Å². The van der Waals surface area contributed by atoms with Gasteiger partial charge in [-0.15, -0.1) is 0 Å². The molecule has 0 aromatic carbocycles. The molecule has 0 saturated heterocycles. The van der Waals surface area contributed by atoms with Crippen molar-refractivity contribution in [3.05, 3.63) is 22.5 Å². The van der Waals surface area contributed by atoms with Crippen LogP contribution in [0.3, 0.4) is 0 Å². The molecule has 0 spiro atoms. The fourth-order valence-electron chi connectivity index (χ4n) is 1.11. The lowest BCUT2D eigenvalue weighted by Crippen LogP contribution is -2.05. The van der Waals surface area contributed by atoms with Crippen molar-refractivity contribution in [3.8, 4) is 5.75 Å². The van der Waals surface area contributed by atoms with Crippen molar-refractivity contribution in [1.82, 2.24) is 4.98 Å². The zero-order valence-electron chi connectivity index (χ0n) is 7.43. The lowest BCUT2D eigenvalue weighted by atomic mass is 10.2. The van der Waals surface area contributed by atoms with Gasteiger partial charge in [0.15, 0.2) is 11.4 Å². The molecule has 0 radical (unpaired) electrons. The Labute approximate surface area is 84.8 Å². The molecule has 14 heavy (non-hydrogen) atoms. The fraction of sp³-hybridized carbons (Fsp3) is 0.375. The summed E-state index contributed by atoms with van der Waals surface area (Å²) in [6.07, 6.45) is -2.73. The van der Waals surface area contributed by atoms with Gasteiger partial charge in [0.05, 0.1) is 7.11 Å². The predicted molar refractivity (Wildman–Crippen MR) is 48.6 cm³/mol. The summed E-state index contributed by atoms with van der Waals surface area (Å²) in [5.74, 6) is 0.00639. The highest BCUT2D eigenvalue weighted by molar-refractivity contribution is 6.29. The van der Waals surface area contributed by atoms with Gasteiger partial charge in [-0.05, 0) is 6.07 Å². The van der Waals surface area contributed by atoms with Crippen LogP contribution in [0.1, 0.15) is 17.7 Å². The number of hydrogen-bond acceptors (Lipinski definition) is 3. The Balaban J connectivity index is 3.31. The Morgan fingerprint density at radius 1 is 1.64 bits per heavy atom. The number of methoxy groups -OCH3 is 1. The van der Waals surface area contributed by atoms with Crippen LogP contribution in [0.5, 0.6) is 5.75 Å². The number of hydrogen-bond donors (Lipinski definition) is 1. The molecule has 1 rings (SSSR count). The van der Waals surface area contributed by atoms with Crippen LogP contribution in [0.15, 0.2) is 6.07 Å². The first-order chi connectivity index (χ1) is 6.60. The average molecular weight is 223 g/mol. The molecule has 0 saturated carbocycles. The molecular weight excluding hydrogens is 214 g/mol. The minimum atomic E-state index is -2.73. The van der Waals surface area contributed by atoms with E-state index in [1.165, 1.54) is 13.2 Å². The van der Waals surface area contributed by atoms with E-state index < -0.39 is 12.1 Å². The summed E-state index contributed by atoms with van der Waals surface area (Å²) >= 11 is 5.55. The number of nitrogens with zero attached hydrogens (tertiary/aromatic N) is 1. The average Bonchev–Trinajstić information content (AvgIpc) is 2.16. The summed E-state index contributed by atoms with van der Waals surface area (Å²) in [5.41, 5.74) is 5.30. The highest BCUT2D eigenvalue weighted by Gasteiger charge is 2.19. The smallest absolute Gasteiger partial charge is 0.284 e. The SMILES string of the molecule is COc1c(CN)cc(Cl)nc1C(F)F. The molecule has 0 aliphatic carbocycles. The normalized spacial score (nSPS) is 10.7. The molecule has 0 fully saturated rings. The van der Waals surface area contributed by atoms with Crippen molar-refractivity contribution in [3.63, 3.8) is 0 Å². The first kappa shape index (κ1) is 11.1. The Morgan fingerprint density at radius 3 is 2.71 bits per heavy atom. The van der Waals surface area contributed by atoms with Crippen molar-refractivity contribution in [1.29, 1.82) is 0 Å². The van der Waals surface area contributed by atoms with Gasteiger partial charge in [0.25, 0.3) is 6.43 Å². The van der Waals surface area contributed by atoms with Crippen LogP contribution in [0.25, 0.3) is 0 Å². The van der Waals surface area contributed by atoms with Gasteiger partial charge in [0.2, 0.25) is 0 Å². The highest BCUT2D eigenvalue weighted by atomic mass is 35.5. The third kappa shape index (κ3) is 2.10. The van der Waals surface area contributed by atoms with Gasteiger partial charge in [-0.25, -0.2) is 13.8 Å². The van der Waals surface area contributed by atoms with E-state index >= 15 is 0 Å². The van der Waals surface area contributed by atoms with Crippen LogP contribution in [-0.4, -0.2) is 12.1 Å². The molecule has 0 aliphatic rings. The zero-order chi connectivity index (χ0) is 10.7. The van der Waals surface area contributed by atoms with Crippen molar-refractivity contribution < 1.29 is 13.5 Å². The molecule has 1 aromatic heterocycles. The Morgan fingerprint density at radius 2 is 2.29 bits per heavy atom. The molecule has 0 aliphatic heterocycles. The summed E-state index contributed by atoms with van der Waals surface area (Å²) in [5, 5.41) is -0.0125. The van der Waals surface area contributed by atoms with Crippen molar-refractivity contribution in [2.45, 2.75) is 13.0 Å². The van der Waals surface area contributed by atoms with Crippen molar-refractivity contribution in [2.75, 3.05) is 7.11 Å². The van der Waals surface area contributed by atoms with E-state index in [1.54, 1.807) is 0 Å². The van der Waals surface area contributed by atoms with Crippen LogP contribution in [-0.2, 0) is 6.54 Å². The van der Waals surface area contributed by atoms with Gasteiger partial charge in [-0.1, -0.05) is 11.6 Å². The van der Waals surface area contributed by atoms with Gasteiger partial charge in [0, 0.05) is 12.1 Å². The fourth-order valence-corrected chi connectivity index (χ4v) is 1.33. The van der Waals surface area contributed by atoms with Crippen LogP contribution in [0.4, 0.5) is 8.78 Å². The number of aromatic nitrogens is 1. The topological polar surface area (TPSA) is 48.1 Å². The molecular formula is C8H9ClF2N2O. The number of rotatable bonds is 3. The molecule has 3 nitrogen and oxygen atoms in total. The summed E-state index contributed by atoms with van der Waals surface area (Å²) < 4.78 is 29.7. The van der Waals surface area contributed by atoms with E-state index in [0.29, 0.717) is 5.56 Å². The monoisotopic (exact) mass is 222 g/mol. The Bertz CT molecular complexity index is 333. The van der Waals surface area contributed by atoms with Gasteiger partial charge in [0.1, 0.15) is 5.15 Å². The third-order valence-corrected chi connectivity index (χ3v) is 1.87. The molecule has 0 atom stereocenters. The maximum absolute atomic E-state index is 12.5. The van der Waals surface area contributed by atoms with Gasteiger partial charge < -0.3 is 10.5 Å². The lowest BCUT2D eigenvalue weighted by Gasteiger charge is -2.11. The van der Waals surface area contributed by atoms with E-state index in [4.69, 9.17) is 22.1 Å². The van der Waals surface area contributed by atoms with Crippen LogP contribution < -0.4 is 10.5 Å². The maximum Gasteiger partial charge on any atom is 0.284 e. The van der Waals surface area contributed by atoms with Gasteiger partial charge in [-0.2, -0.15) is 0 Å². The minimum absolute atomic E-state index is 0.00639. The molecule has 0 unspecified atom stereocenters. The van der Waals surface area contributed by atoms with E-state index in [1.807, 2.05) is 0 Å². The summed E-state index contributed by atoms with van der Waals surface area (Å²) in [6, 6.07) is 1.41. The second-order valence-electron chi connectivity index (χ2n) is 2.53. The van der Waals surface area contributed by atoms with Crippen molar-refractivity contribution in [2.24, 2.45) is 5.73 Å². The van der Waals surface area contributed by atoms with Crippen LogP contribution >= 0.6 is 11.6 Å². The Kier molecular flexibility index (Phi) is 3.60. The van der Waals surface area contributed by atoms with E-state index in [0.717, 1.165) is 0 Å². The molecule has 78 valence electrons. The number of alkyl halides is 2. The molecule has 1 heterocycles. The first-order valence-corrected chi connectivity index (χ1v) is 4.19. The summed E-state index contributed by atoms with van der Waals surface area (Å²) in [7, 11) is 1.29. The number of halogens is 3. The first-order valence-electron chi connectivity index (χ1n) is 3.81. The van der Waals surface area contributed by atoms with E-state index in [9.17, 15) is 8.78 Å². The quantitative estimate of drug-likeness (QED) is 0.798. The second kappa shape index (κ2) is 4.52. The standard InChI is InChI=1S/C8H9ClF2N2O/c1-14-7-4(3-12)2-5(9)13-6(7)8(10)11/h2,8H,3,12H2,1H3. The minimum Gasteiger partial charge on any atom is -0.494 e. The molecule has 2 N–H and O–H groups in total. The summed E-state index contributed by atoms with van der Waals surface area (Å²) in [4.78, 5) is 3.49. The third-order valence-electron chi connectivity index (χ3n) is 1.68. The number of ether oxygens (including phenoxy) is 1. The lowest BCUT2D eigenvalue weighted by molar-refractivity contribution is 0.141. The summed E-state index contributed by atoms with van der Waals surface area (Å²) in [6.45, 7) is 0.0745. The maximum atomic E-state index is 12.5. The highest BCUT2D eigenvalue weighted by Crippen LogP contribution is 2.31. The van der Waals surface area contributed by atoms with Crippen LogP contribution in [0, 0.1) is 0 Å². The van der Waals surface area contributed by atoms with E-state index in [-0.39, 0.29) is 17.4 Å². The number of pyridine rings is 1. The van der Waals surface area contributed by atoms with Crippen LogP contribution in [0.2, 0.25) is 5.15 Å². The molecule has 1 aromatic rings. The zero-order valence-corrected chi connectivity index (χ0v) is 8.18. The molecule has 0 bridgehead atoms. The van der Waals surface area contributed by atoms with Crippen molar-refractivity contribution >= 4 is 11.6 Å². The Hall–Kier alpha value is -0.940. The molecule has 0 amide bonds. The number of nitrogens with two attached hydrogens (primary N) is 1. The van der Waals surface area contributed by atoms with E-state index in [2.05, 4.69) is 4.98 Å². The predicted octanol–water partition coefficient (Wildman–Crippen LogP) is 2.14.